The largest absolute Gasteiger partial charge is 0.394 e. The number of halogens is 1. The minimum atomic E-state index is -1.24. The van der Waals surface area contributed by atoms with Gasteiger partial charge in [0.25, 0.3) is 0 Å². The number of fused-ring (bicyclic) bond motifs is 1. The molecule has 0 saturated carbocycles. The van der Waals surface area contributed by atoms with Crippen molar-refractivity contribution in [2.24, 2.45) is 0 Å². The lowest BCUT2D eigenvalue weighted by atomic mass is 10.1. The molecule has 2 unspecified atom stereocenters. The van der Waals surface area contributed by atoms with E-state index in [0.29, 0.717) is 5.52 Å². The number of nitrogens with two attached hydrogens (primary N) is 1. The molecule has 1 aliphatic heterocycles. The van der Waals surface area contributed by atoms with Crippen molar-refractivity contribution in [3.05, 3.63) is 11.6 Å². The Morgan fingerprint density at radius 1 is 1.35 bits per heavy atom. The zero-order valence-electron chi connectivity index (χ0n) is 10.1. The number of aromatic nitrogens is 4. The van der Waals surface area contributed by atoms with Gasteiger partial charge in [-0.15, -0.1) is 0 Å². The predicted molar refractivity (Wildman–Crippen MR) is 67.8 cm³/mol. The van der Waals surface area contributed by atoms with Crippen LogP contribution in [0.4, 0.5) is 5.82 Å². The highest BCUT2D eigenvalue weighted by atomic mass is 35.5. The molecule has 0 aliphatic carbocycles. The average Bonchev–Trinajstić information content (AvgIpc) is 2.93. The Balaban J connectivity index is 2.07. The number of anilines is 1. The normalized spacial score (nSPS) is 30.2. The maximum absolute atomic E-state index is 9.99. The van der Waals surface area contributed by atoms with Gasteiger partial charge in [0.1, 0.15) is 23.8 Å². The van der Waals surface area contributed by atoms with E-state index >= 15 is 0 Å². The summed E-state index contributed by atoms with van der Waals surface area (Å²) in [5, 5.41) is 28.8. The second kappa shape index (κ2) is 4.79. The molecule has 9 nitrogen and oxygen atoms in total. The first-order valence-electron chi connectivity index (χ1n) is 5.81. The van der Waals surface area contributed by atoms with Crippen molar-refractivity contribution >= 4 is 28.6 Å². The van der Waals surface area contributed by atoms with Crippen LogP contribution in [0.5, 0.6) is 0 Å². The number of ether oxygens (including phenoxy) is 1. The van der Waals surface area contributed by atoms with E-state index in [2.05, 4.69) is 15.0 Å². The molecule has 3 rings (SSSR count). The van der Waals surface area contributed by atoms with Crippen molar-refractivity contribution in [2.75, 3.05) is 12.3 Å². The smallest absolute Gasteiger partial charge is 0.226 e. The van der Waals surface area contributed by atoms with Gasteiger partial charge in [-0.2, -0.15) is 9.97 Å². The van der Waals surface area contributed by atoms with E-state index in [1.54, 1.807) is 0 Å². The van der Waals surface area contributed by atoms with E-state index in [-0.39, 0.29) is 16.7 Å². The second-order valence-electron chi connectivity index (χ2n) is 4.43. The molecular weight excluding hydrogens is 290 g/mol. The SMILES string of the molecule is Nc1nc(Cl)nc2c1ncn2[C@@H]1O[C@H](CO)C(O)C1O. The van der Waals surface area contributed by atoms with Crippen molar-refractivity contribution in [2.45, 2.75) is 24.5 Å². The number of hydrogen-bond acceptors (Lipinski definition) is 8. The highest BCUT2D eigenvalue weighted by Crippen LogP contribution is 2.32. The molecule has 1 aliphatic rings. The number of aliphatic hydroxyl groups is 3. The van der Waals surface area contributed by atoms with E-state index < -0.39 is 31.1 Å². The molecule has 4 atom stereocenters. The van der Waals surface area contributed by atoms with Gasteiger partial charge in [-0.3, -0.25) is 4.57 Å². The number of nitrogens with zero attached hydrogens (tertiary/aromatic N) is 4. The fourth-order valence-electron chi connectivity index (χ4n) is 2.21. The van der Waals surface area contributed by atoms with Gasteiger partial charge in [0.15, 0.2) is 17.7 Å². The molecule has 10 heteroatoms. The maximum Gasteiger partial charge on any atom is 0.226 e. The van der Waals surface area contributed by atoms with Crippen LogP contribution in [0.3, 0.4) is 0 Å². The van der Waals surface area contributed by atoms with Crippen LogP contribution in [-0.2, 0) is 4.74 Å². The van der Waals surface area contributed by atoms with Crippen molar-refractivity contribution in [3.8, 4) is 0 Å². The fourth-order valence-corrected chi connectivity index (χ4v) is 2.38. The monoisotopic (exact) mass is 301 g/mol. The molecule has 20 heavy (non-hydrogen) atoms. The summed E-state index contributed by atoms with van der Waals surface area (Å²) in [5.74, 6) is 0.102. The third kappa shape index (κ3) is 1.91. The van der Waals surface area contributed by atoms with Crippen LogP contribution in [0, 0.1) is 0 Å². The Hall–Kier alpha value is -1.52. The third-order valence-corrected chi connectivity index (χ3v) is 3.38. The van der Waals surface area contributed by atoms with Crippen LogP contribution >= 0.6 is 11.6 Å². The molecule has 3 heterocycles. The fraction of sp³-hybridized carbons (Fsp3) is 0.500. The Labute approximate surface area is 117 Å². The Kier molecular flexibility index (Phi) is 3.22. The quantitative estimate of drug-likeness (QED) is 0.500. The molecular formula is C10H12ClN5O4. The maximum atomic E-state index is 9.99. The zero-order chi connectivity index (χ0) is 14.4. The number of imidazole rings is 1. The number of hydrogen-bond donors (Lipinski definition) is 4. The Morgan fingerprint density at radius 2 is 2.10 bits per heavy atom. The van der Waals surface area contributed by atoms with Crippen molar-refractivity contribution < 1.29 is 20.1 Å². The van der Waals surface area contributed by atoms with Crippen LogP contribution in [0.25, 0.3) is 11.2 Å². The van der Waals surface area contributed by atoms with Gasteiger partial charge >= 0.3 is 0 Å². The average molecular weight is 302 g/mol. The lowest BCUT2D eigenvalue weighted by Crippen LogP contribution is -2.33. The number of aliphatic hydroxyl groups excluding tert-OH is 3. The lowest BCUT2D eigenvalue weighted by molar-refractivity contribution is -0.0511. The summed E-state index contributed by atoms with van der Waals surface area (Å²) in [6.07, 6.45) is -2.93. The summed E-state index contributed by atoms with van der Waals surface area (Å²) in [4.78, 5) is 11.8. The molecule has 0 aromatic carbocycles. The second-order valence-corrected chi connectivity index (χ2v) is 4.77. The van der Waals surface area contributed by atoms with Gasteiger partial charge in [0.2, 0.25) is 5.28 Å². The Bertz CT molecular complexity index is 650. The first kappa shape index (κ1) is 13.5. The summed E-state index contributed by atoms with van der Waals surface area (Å²) < 4.78 is 6.79. The molecule has 0 radical (unpaired) electrons. The summed E-state index contributed by atoms with van der Waals surface area (Å²) in [6, 6.07) is 0. The van der Waals surface area contributed by atoms with Crippen LogP contribution in [0.1, 0.15) is 6.23 Å². The minimum absolute atomic E-state index is 0.0662. The molecule has 2 aromatic heterocycles. The highest BCUT2D eigenvalue weighted by molar-refractivity contribution is 6.28. The van der Waals surface area contributed by atoms with Crippen LogP contribution in [0.2, 0.25) is 5.28 Å². The van der Waals surface area contributed by atoms with Crippen molar-refractivity contribution in [1.82, 2.24) is 19.5 Å². The summed E-state index contributed by atoms with van der Waals surface area (Å²) in [7, 11) is 0. The van der Waals surface area contributed by atoms with E-state index in [4.69, 9.17) is 27.2 Å². The van der Waals surface area contributed by atoms with Crippen LogP contribution < -0.4 is 5.73 Å². The van der Waals surface area contributed by atoms with Gasteiger partial charge in [-0.05, 0) is 11.6 Å². The van der Waals surface area contributed by atoms with Crippen molar-refractivity contribution in [1.29, 1.82) is 0 Å². The van der Waals surface area contributed by atoms with Crippen LogP contribution in [0.15, 0.2) is 6.33 Å². The predicted octanol–water partition coefficient (Wildman–Crippen LogP) is -1.33. The number of nitrogen functional groups attached to an aromatic ring is 1. The summed E-state index contributed by atoms with van der Waals surface area (Å²) >= 11 is 5.74. The molecule has 108 valence electrons. The van der Waals surface area contributed by atoms with Gasteiger partial charge in [0, 0.05) is 0 Å². The van der Waals surface area contributed by atoms with Gasteiger partial charge in [0.05, 0.1) is 12.9 Å². The third-order valence-electron chi connectivity index (χ3n) is 3.21. The number of rotatable bonds is 2. The Morgan fingerprint density at radius 3 is 2.75 bits per heavy atom. The van der Waals surface area contributed by atoms with Gasteiger partial charge < -0.3 is 25.8 Å². The standard InChI is InChI=1S/C10H12ClN5O4/c11-10-14-7(12)4-8(15-10)16(2-13-4)9-6(19)5(18)3(1-17)20-9/h2-3,5-6,9,17-19H,1H2,(H2,12,14,15)/t3-,5?,6?,9-/m1/s1. The topological polar surface area (TPSA) is 140 Å². The van der Waals surface area contributed by atoms with E-state index in [9.17, 15) is 10.2 Å². The lowest BCUT2D eigenvalue weighted by Gasteiger charge is -2.16. The molecule has 0 bridgehead atoms. The van der Waals surface area contributed by atoms with Gasteiger partial charge in [-0.1, -0.05) is 0 Å². The molecule has 2 aromatic rings. The van der Waals surface area contributed by atoms with E-state index in [1.165, 1.54) is 10.9 Å². The molecule has 0 amide bonds. The summed E-state index contributed by atoms with van der Waals surface area (Å²) in [6.45, 7) is -0.417. The molecule has 5 N–H and O–H groups in total. The summed E-state index contributed by atoms with van der Waals surface area (Å²) in [5.41, 5.74) is 6.27. The molecule has 1 fully saturated rings. The van der Waals surface area contributed by atoms with Crippen molar-refractivity contribution in [3.63, 3.8) is 0 Å². The van der Waals surface area contributed by atoms with E-state index in [1.807, 2.05) is 0 Å². The molecule has 0 spiro atoms. The first-order chi connectivity index (χ1) is 9.52. The minimum Gasteiger partial charge on any atom is -0.394 e. The van der Waals surface area contributed by atoms with Crippen LogP contribution in [-0.4, -0.2) is 59.8 Å². The highest BCUT2D eigenvalue weighted by Gasteiger charge is 2.44. The van der Waals surface area contributed by atoms with E-state index in [0.717, 1.165) is 0 Å². The van der Waals surface area contributed by atoms with Gasteiger partial charge in [-0.25, -0.2) is 4.98 Å². The zero-order valence-corrected chi connectivity index (χ0v) is 10.8. The molecule has 1 saturated heterocycles. The first-order valence-corrected chi connectivity index (χ1v) is 6.18.